The normalized spacial score (nSPS) is 16.0. The molecule has 1 aliphatic heterocycles. The third-order valence-corrected chi connectivity index (χ3v) is 5.36. The molecule has 1 heterocycles. The van der Waals surface area contributed by atoms with E-state index in [1.54, 1.807) is 31.2 Å². The number of amides is 1. The van der Waals surface area contributed by atoms with Crippen LogP contribution in [0.3, 0.4) is 0 Å². The van der Waals surface area contributed by atoms with Gasteiger partial charge in [-0.2, -0.15) is 0 Å². The standard InChI is InChI=1S/C16H26N4O3S/c1-2-24(22,23)19-13-14-3-5-15(6-4-14)16(21)18-9-12-20-10-7-17-8-11-20/h3-6,17,19H,2,7-13H2,1H3,(H,18,21). The maximum absolute atomic E-state index is 12.1. The molecule has 1 aliphatic rings. The molecular weight excluding hydrogens is 328 g/mol. The van der Waals surface area contributed by atoms with Crippen molar-refractivity contribution in [2.45, 2.75) is 13.5 Å². The molecule has 3 N–H and O–H groups in total. The van der Waals surface area contributed by atoms with E-state index in [1.165, 1.54) is 0 Å². The van der Waals surface area contributed by atoms with E-state index >= 15 is 0 Å². The van der Waals surface area contributed by atoms with Crippen LogP contribution < -0.4 is 15.4 Å². The first-order valence-electron chi connectivity index (χ1n) is 8.28. The summed E-state index contributed by atoms with van der Waals surface area (Å²) >= 11 is 0. The van der Waals surface area contributed by atoms with Gasteiger partial charge in [-0.1, -0.05) is 12.1 Å². The molecule has 0 bridgehead atoms. The topological polar surface area (TPSA) is 90.5 Å². The van der Waals surface area contributed by atoms with E-state index in [1.807, 2.05) is 0 Å². The molecule has 1 fully saturated rings. The summed E-state index contributed by atoms with van der Waals surface area (Å²) in [6, 6.07) is 6.97. The predicted molar refractivity (Wildman–Crippen MR) is 94.4 cm³/mol. The van der Waals surface area contributed by atoms with Crippen LogP contribution in [-0.2, 0) is 16.6 Å². The van der Waals surface area contributed by atoms with Crippen molar-refractivity contribution in [3.8, 4) is 0 Å². The molecule has 0 aromatic heterocycles. The molecule has 0 unspecified atom stereocenters. The fourth-order valence-electron chi connectivity index (χ4n) is 2.43. The zero-order chi connectivity index (χ0) is 17.4. The average molecular weight is 354 g/mol. The summed E-state index contributed by atoms with van der Waals surface area (Å²) in [5.41, 5.74) is 1.40. The van der Waals surface area contributed by atoms with Crippen LogP contribution in [0.15, 0.2) is 24.3 Å². The summed E-state index contributed by atoms with van der Waals surface area (Å²) in [6.07, 6.45) is 0. The number of carbonyl (C=O) groups is 1. The van der Waals surface area contributed by atoms with Crippen LogP contribution in [-0.4, -0.2) is 64.2 Å². The van der Waals surface area contributed by atoms with Gasteiger partial charge in [0.2, 0.25) is 10.0 Å². The Labute approximate surface area is 143 Å². The second kappa shape index (κ2) is 9.12. The van der Waals surface area contributed by atoms with Crippen molar-refractivity contribution >= 4 is 15.9 Å². The lowest BCUT2D eigenvalue weighted by Gasteiger charge is -2.27. The van der Waals surface area contributed by atoms with Crippen LogP contribution >= 0.6 is 0 Å². The molecule has 0 saturated carbocycles. The van der Waals surface area contributed by atoms with Gasteiger partial charge >= 0.3 is 0 Å². The van der Waals surface area contributed by atoms with Gasteiger partial charge in [0, 0.05) is 51.4 Å². The van der Waals surface area contributed by atoms with Gasteiger partial charge in [-0.25, -0.2) is 13.1 Å². The number of benzene rings is 1. The maximum Gasteiger partial charge on any atom is 0.251 e. The van der Waals surface area contributed by atoms with E-state index in [9.17, 15) is 13.2 Å². The molecule has 2 rings (SSSR count). The van der Waals surface area contributed by atoms with Gasteiger partial charge in [0.05, 0.1) is 5.75 Å². The Balaban J connectivity index is 1.76. The van der Waals surface area contributed by atoms with Crippen molar-refractivity contribution in [1.29, 1.82) is 0 Å². The van der Waals surface area contributed by atoms with Gasteiger partial charge in [-0.15, -0.1) is 0 Å². The van der Waals surface area contributed by atoms with Crippen LogP contribution in [0.5, 0.6) is 0 Å². The van der Waals surface area contributed by atoms with Gasteiger partial charge in [0.15, 0.2) is 0 Å². The van der Waals surface area contributed by atoms with E-state index in [0.29, 0.717) is 12.1 Å². The van der Waals surface area contributed by atoms with E-state index in [-0.39, 0.29) is 18.2 Å². The van der Waals surface area contributed by atoms with Gasteiger partial charge in [-0.05, 0) is 24.6 Å². The van der Waals surface area contributed by atoms with Crippen molar-refractivity contribution < 1.29 is 13.2 Å². The van der Waals surface area contributed by atoms with Gasteiger partial charge in [0.1, 0.15) is 0 Å². The number of hydrogen-bond acceptors (Lipinski definition) is 5. The van der Waals surface area contributed by atoms with E-state index in [2.05, 4.69) is 20.3 Å². The minimum atomic E-state index is -3.21. The molecule has 8 heteroatoms. The Bertz CT molecular complexity index is 625. The molecule has 1 aromatic carbocycles. The molecule has 1 saturated heterocycles. The highest BCUT2D eigenvalue weighted by Gasteiger charge is 2.11. The van der Waals surface area contributed by atoms with Crippen LogP contribution in [0.1, 0.15) is 22.8 Å². The molecule has 1 aromatic rings. The highest BCUT2D eigenvalue weighted by atomic mass is 32.2. The van der Waals surface area contributed by atoms with E-state index in [4.69, 9.17) is 0 Å². The largest absolute Gasteiger partial charge is 0.351 e. The van der Waals surface area contributed by atoms with Crippen molar-refractivity contribution in [3.05, 3.63) is 35.4 Å². The van der Waals surface area contributed by atoms with Crippen molar-refractivity contribution in [1.82, 2.24) is 20.3 Å². The molecule has 0 atom stereocenters. The van der Waals surface area contributed by atoms with Gasteiger partial charge < -0.3 is 10.6 Å². The summed E-state index contributed by atoms with van der Waals surface area (Å²) in [5.74, 6) is -0.0496. The Morgan fingerprint density at radius 2 is 1.88 bits per heavy atom. The van der Waals surface area contributed by atoms with Crippen LogP contribution in [0.4, 0.5) is 0 Å². The minimum Gasteiger partial charge on any atom is -0.351 e. The van der Waals surface area contributed by atoms with Crippen LogP contribution in [0, 0.1) is 0 Å². The predicted octanol–water partition coefficient (Wildman–Crippen LogP) is -0.239. The average Bonchev–Trinajstić information content (AvgIpc) is 2.61. The fourth-order valence-corrected chi connectivity index (χ4v) is 3.02. The Hall–Kier alpha value is -1.48. The van der Waals surface area contributed by atoms with Gasteiger partial charge in [0.25, 0.3) is 5.91 Å². The van der Waals surface area contributed by atoms with Gasteiger partial charge in [-0.3, -0.25) is 9.69 Å². The smallest absolute Gasteiger partial charge is 0.251 e. The lowest BCUT2D eigenvalue weighted by atomic mass is 10.1. The zero-order valence-corrected chi connectivity index (χ0v) is 14.9. The molecule has 0 radical (unpaired) electrons. The summed E-state index contributed by atoms with van der Waals surface area (Å²) in [6.45, 7) is 7.32. The van der Waals surface area contributed by atoms with Crippen molar-refractivity contribution in [2.24, 2.45) is 0 Å². The monoisotopic (exact) mass is 354 g/mol. The molecule has 24 heavy (non-hydrogen) atoms. The number of nitrogens with one attached hydrogen (secondary N) is 3. The second-order valence-corrected chi connectivity index (χ2v) is 7.86. The molecule has 134 valence electrons. The Kier molecular flexibility index (Phi) is 7.16. The molecule has 0 aliphatic carbocycles. The molecular formula is C16H26N4O3S. The third kappa shape index (κ3) is 6.20. The highest BCUT2D eigenvalue weighted by Crippen LogP contribution is 2.05. The number of hydrogen-bond donors (Lipinski definition) is 3. The molecule has 0 spiro atoms. The number of sulfonamides is 1. The number of piperazine rings is 1. The van der Waals surface area contributed by atoms with E-state index in [0.717, 1.165) is 38.3 Å². The number of carbonyl (C=O) groups excluding carboxylic acids is 1. The Morgan fingerprint density at radius 3 is 2.50 bits per heavy atom. The first kappa shape index (κ1) is 18.9. The number of nitrogens with zero attached hydrogens (tertiary/aromatic N) is 1. The third-order valence-electron chi connectivity index (χ3n) is 4.02. The quantitative estimate of drug-likeness (QED) is 0.599. The lowest BCUT2D eigenvalue weighted by molar-refractivity contribution is 0.0947. The summed E-state index contributed by atoms with van der Waals surface area (Å²) in [5, 5.41) is 6.22. The Morgan fingerprint density at radius 1 is 1.21 bits per heavy atom. The SMILES string of the molecule is CCS(=O)(=O)NCc1ccc(C(=O)NCCN2CCNCC2)cc1. The van der Waals surface area contributed by atoms with Crippen LogP contribution in [0.25, 0.3) is 0 Å². The highest BCUT2D eigenvalue weighted by molar-refractivity contribution is 7.89. The lowest BCUT2D eigenvalue weighted by Crippen LogP contribution is -2.46. The first-order valence-corrected chi connectivity index (χ1v) is 9.93. The zero-order valence-electron chi connectivity index (χ0n) is 14.0. The minimum absolute atomic E-state index is 0.0561. The molecule has 1 amide bonds. The summed E-state index contributed by atoms with van der Waals surface area (Å²) < 4.78 is 25.3. The van der Waals surface area contributed by atoms with Crippen molar-refractivity contribution in [3.63, 3.8) is 0 Å². The fraction of sp³-hybridized carbons (Fsp3) is 0.562. The van der Waals surface area contributed by atoms with E-state index < -0.39 is 10.0 Å². The summed E-state index contributed by atoms with van der Waals surface area (Å²) in [7, 11) is -3.21. The van der Waals surface area contributed by atoms with Crippen molar-refractivity contribution in [2.75, 3.05) is 45.0 Å². The second-order valence-electron chi connectivity index (χ2n) is 5.77. The number of rotatable bonds is 8. The molecule has 7 nitrogen and oxygen atoms in total. The summed E-state index contributed by atoms with van der Waals surface area (Å²) in [4.78, 5) is 14.4. The van der Waals surface area contributed by atoms with Crippen LogP contribution in [0.2, 0.25) is 0 Å². The maximum atomic E-state index is 12.1. The first-order chi connectivity index (χ1) is 11.5.